The van der Waals surface area contributed by atoms with E-state index in [0.29, 0.717) is 6.04 Å². The Kier molecular flexibility index (Phi) is 5.47. The van der Waals surface area contributed by atoms with E-state index < -0.39 is 0 Å². The number of carbonyl (C=O) groups is 2. The van der Waals surface area contributed by atoms with E-state index in [4.69, 9.17) is 0 Å². The minimum Gasteiger partial charge on any atom is -0.355 e. The number of likely N-dealkylation sites (N-methyl/N-ethyl adjacent to an activating group) is 1. The van der Waals surface area contributed by atoms with Gasteiger partial charge in [-0.2, -0.15) is 0 Å². The number of hydrogen-bond acceptors (Lipinski definition) is 5. The molecule has 0 aromatic rings. The highest BCUT2D eigenvalue weighted by atomic mass is 16.2. The zero-order valence-corrected chi connectivity index (χ0v) is 16.0. The summed E-state index contributed by atoms with van der Waals surface area (Å²) in [6.07, 6.45) is 7.49. The van der Waals surface area contributed by atoms with Gasteiger partial charge in [-0.25, -0.2) is 5.01 Å². The molecule has 146 valence electrons. The van der Waals surface area contributed by atoms with Gasteiger partial charge in [0.2, 0.25) is 11.8 Å². The summed E-state index contributed by atoms with van der Waals surface area (Å²) in [5, 5.41) is 5.35. The molecule has 1 saturated carbocycles. The number of nitrogens with zero attached hydrogens (tertiary/aromatic N) is 3. The first kappa shape index (κ1) is 18.2. The molecule has 26 heavy (non-hydrogen) atoms. The third-order valence-electron chi connectivity index (χ3n) is 6.86. The zero-order chi connectivity index (χ0) is 18.1. The van der Waals surface area contributed by atoms with Crippen LogP contribution in [-0.4, -0.2) is 84.5 Å². The maximum absolute atomic E-state index is 12.7. The number of fused-ring (bicyclic) bond motifs is 3. The number of hydrogen-bond donors (Lipinski definition) is 2. The van der Waals surface area contributed by atoms with Crippen LogP contribution >= 0.6 is 0 Å². The van der Waals surface area contributed by atoms with Crippen molar-refractivity contribution in [3.05, 3.63) is 0 Å². The number of piperazine rings is 1. The molecule has 0 spiro atoms. The standard InChI is InChI=1S/C19H33N5O2/c1-22-17-13-14(18(25)20-9-12-23-10-3-2-4-11-23)5-6-15(17)24-16(19(22)26)7-8-21-24/h14-17,21H,2-13H2,1H3,(H,20,25). The quantitative estimate of drug-likeness (QED) is 0.746. The van der Waals surface area contributed by atoms with E-state index >= 15 is 0 Å². The summed E-state index contributed by atoms with van der Waals surface area (Å²) >= 11 is 0. The first-order valence-electron chi connectivity index (χ1n) is 10.4. The first-order chi connectivity index (χ1) is 12.6. The number of rotatable bonds is 4. The number of amides is 2. The highest BCUT2D eigenvalue weighted by Gasteiger charge is 2.50. The number of piperidine rings is 1. The summed E-state index contributed by atoms with van der Waals surface area (Å²) in [5.74, 6) is 0.423. The predicted molar refractivity (Wildman–Crippen MR) is 99.2 cm³/mol. The average molecular weight is 364 g/mol. The maximum atomic E-state index is 12.7. The summed E-state index contributed by atoms with van der Waals surface area (Å²) in [5.41, 5.74) is 3.40. The van der Waals surface area contributed by atoms with Crippen LogP contribution < -0.4 is 10.7 Å². The van der Waals surface area contributed by atoms with Crippen molar-refractivity contribution in [3.8, 4) is 0 Å². The second-order valence-corrected chi connectivity index (χ2v) is 8.41. The molecule has 4 unspecified atom stereocenters. The number of carbonyl (C=O) groups excluding carboxylic acids is 2. The van der Waals surface area contributed by atoms with Crippen LogP contribution in [0.3, 0.4) is 0 Å². The summed E-state index contributed by atoms with van der Waals surface area (Å²) in [7, 11) is 1.92. The second-order valence-electron chi connectivity index (χ2n) is 8.41. The Balaban J connectivity index is 1.29. The fourth-order valence-corrected chi connectivity index (χ4v) is 5.34. The Morgan fingerprint density at radius 1 is 1.15 bits per heavy atom. The Hall–Kier alpha value is -1.18. The van der Waals surface area contributed by atoms with Gasteiger partial charge in [0.15, 0.2) is 0 Å². The van der Waals surface area contributed by atoms with Crippen LogP contribution in [0, 0.1) is 5.92 Å². The highest BCUT2D eigenvalue weighted by Crippen LogP contribution is 2.36. The fourth-order valence-electron chi connectivity index (χ4n) is 5.34. The summed E-state index contributed by atoms with van der Waals surface area (Å²) < 4.78 is 0. The van der Waals surface area contributed by atoms with Crippen LogP contribution in [0.1, 0.15) is 44.9 Å². The minimum absolute atomic E-state index is 0.00355. The van der Waals surface area contributed by atoms with Crippen molar-refractivity contribution in [2.24, 2.45) is 5.92 Å². The van der Waals surface area contributed by atoms with Crippen LogP contribution in [0.15, 0.2) is 0 Å². The number of hydrazine groups is 1. The first-order valence-corrected chi connectivity index (χ1v) is 10.4. The van der Waals surface area contributed by atoms with E-state index in [0.717, 1.165) is 45.3 Å². The van der Waals surface area contributed by atoms with Gasteiger partial charge in [0.05, 0.1) is 0 Å². The van der Waals surface area contributed by atoms with E-state index in [1.54, 1.807) is 0 Å². The van der Waals surface area contributed by atoms with Gasteiger partial charge in [-0.1, -0.05) is 6.42 Å². The molecule has 4 rings (SSSR count). The molecule has 2 N–H and O–H groups in total. The minimum atomic E-state index is -0.00355. The molecule has 4 fully saturated rings. The van der Waals surface area contributed by atoms with Gasteiger partial charge in [0, 0.05) is 44.7 Å². The predicted octanol–water partition coefficient (Wildman–Crippen LogP) is 0.177. The SMILES string of the molecule is CN1C(=O)C2CCNN2C2CCC(C(=O)NCCN3CCCCC3)CC21. The molecule has 3 saturated heterocycles. The van der Waals surface area contributed by atoms with Crippen LogP contribution in [0.4, 0.5) is 0 Å². The van der Waals surface area contributed by atoms with Gasteiger partial charge in [-0.15, -0.1) is 0 Å². The molecule has 0 bridgehead atoms. The molecule has 0 aromatic heterocycles. The Morgan fingerprint density at radius 2 is 1.96 bits per heavy atom. The van der Waals surface area contributed by atoms with Crippen LogP contribution in [0.5, 0.6) is 0 Å². The van der Waals surface area contributed by atoms with Crippen molar-refractivity contribution >= 4 is 11.8 Å². The van der Waals surface area contributed by atoms with Crippen molar-refractivity contribution in [3.63, 3.8) is 0 Å². The van der Waals surface area contributed by atoms with Gasteiger partial charge in [0.25, 0.3) is 0 Å². The molecule has 7 nitrogen and oxygen atoms in total. The van der Waals surface area contributed by atoms with E-state index in [2.05, 4.69) is 20.7 Å². The smallest absolute Gasteiger partial charge is 0.241 e. The summed E-state index contributed by atoms with van der Waals surface area (Å²) in [6.45, 7) is 4.92. The van der Waals surface area contributed by atoms with Gasteiger partial charge < -0.3 is 15.1 Å². The molecular formula is C19H33N5O2. The Labute approximate surface area is 156 Å². The summed E-state index contributed by atoms with van der Waals surface area (Å²) in [4.78, 5) is 29.7. The molecule has 1 aliphatic carbocycles. The third kappa shape index (κ3) is 3.49. The van der Waals surface area contributed by atoms with E-state index in [1.165, 1.54) is 32.4 Å². The van der Waals surface area contributed by atoms with E-state index in [9.17, 15) is 9.59 Å². The lowest BCUT2D eigenvalue weighted by Crippen LogP contribution is -2.67. The van der Waals surface area contributed by atoms with Crippen molar-refractivity contribution < 1.29 is 9.59 Å². The Morgan fingerprint density at radius 3 is 2.77 bits per heavy atom. The van der Waals surface area contributed by atoms with Crippen LogP contribution in [-0.2, 0) is 9.59 Å². The molecule has 4 atom stereocenters. The van der Waals surface area contributed by atoms with Gasteiger partial charge in [-0.3, -0.25) is 15.0 Å². The molecule has 0 aromatic carbocycles. The topological polar surface area (TPSA) is 67.9 Å². The number of nitrogens with one attached hydrogen (secondary N) is 2. The molecule has 2 amide bonds. The average Bonchev–Trinajstić information content (AvgIpc) is 3.16. The third-order valence-corrected chi connectivity index (χ3v) is 6.86. The van der Waals surface area contributed by atoms with Crippen molar-refractivity contribution in [1.29, 1.82) is 0 Å². The second kappa shape index (κ2) is 7.82. The molecule has 7 heteroatoms. The van der Waals surface area contributed by atoms with Crippen LogP contribution in [0.25, 0.3) is 0 Å². The monoisotopic (exact) mass is 363 g/mol. The number of likely N-dealkylation sites (tertiary alicyclic amines) is 1. The molecule has 3 heterocycles. The molecule has 4 aliphatic rings. The lowest BCUT2D eigenvalue weighted by Gasteiger charge is -2.50. The zero-order valence-electron chi connectivity index (χ0n) is 16.0. The largest absolute Gasteiger partial charge is 0.355 e. The normalized spacial score (nSPS) is 35.9. The van der Waals surface area contributed by atoms with Gasteiger partial charge in [-0.05, 0) is 51.6 Å². The van der Waals surface area contributed by atoms with Crippen molar-refractivity contribution in [2.45, 2.75) is 63.1 Å². The van der Waals surface area contributed by atoms with Crippen molar-refractivity contribution in [1.82, 2.24) is 25.6 Å². The van der Waals surface area contributed by atoms with Gasteiger partial charge in [0.1, 0.15) is 6.04 Å². The lowest BCUT2D eigenvalue weighted by atomic mass is 9.79. The highest BCUT2D eigenvalue weighted by molar-refractivity contribution is 5.84. The molecular weight excluding hydrogens is 330 g/mol. The van der Waals surface area contributed by atoms with Crippen molar-refractivity contribution in [2.75, 3.05) is 39.8 Å². The maximum Gasteiger partial charge on any atom is 0.241 e. The lowest BCUT2D eigenvalue weighted by molar-refractivity contribution is -0.153. The van der Waals surface area contributed by atoms with Gasteiger partial charge >= 0.3 is 0 Å². The fraction of sp³-hybridized carbons (Fsp3) is 0.895. The Bertz CT molecular complexity index is 536. The van der Waals surface area contributed by atoms with E-state index in [-0.39, 0.29) is 29.8 Å². The molecule has 0 radical (unpaired) electrons. The van der Waals surface area contributed by atoms with E-state index in [1.807, 2.05) is 11.9 Å². The molecule has 3 aliphatic heterocycles. The van der Waals surface area contributed by atoms with Crippen LogP contribution in [0.2, 0.25) is 0 Å². The summed E-state index contributed by atoms with van der Waals surface area (Å²) in [6, 6.07) is 0.495.